The fourth-order valence-electron chi connectivity index (χ4n) is 1.85. The zero-order valence-electron chi connectivity index (χ0n) is 10.4. The van der Waals surface area contributed by atoms with E-state index >= 15 is 0 Å². The lowest BCUT2D eigenvalue weighted by Crippen LogP contribution is -1.98. The third-order valence-electron chi connectivity index (χ3n) is 2.89. The lowest BCUT2D eigenvalue weighted by molar-refractivity contribution is 0.415. The quantitative estimate of drug-likeness (QED) is 0.696. The Morgan fingerprint density at radius 1 is 1.26 bits per heavy atom. The van der Waals surface area contributed by atoms with Crippen LogP contribution in [0.25, 0.3) is 0 Å². The van der Waals surface area contributed by atoms with Gasteiger partial charge in [-0.05, 0) is 35.7 Å². The zero-order valence-corrected chi connectivity index (χ0v) is 12.7. The molecule has 100 valence electrons. The summed E-state index contributed by atoms with van der Waals surface area (Å²) in [5.41, 5.74) is 1.67. The van der Waals surface area contributed by atoms with Gasteiger partial charge < -0.3 is 4.74 Å². The van der Waals surface area contributed by atoms with Crippen molar-refractivity contribution in [3.63, 3.8) is 0 Å². The zero-order chi connectivity index (χ0) is 13.8. The first-order chi connectivity index (χ1) is 9.11. The van der Waals surface area contributed by atoms with Crippen molar-refractivity contribution in [3.8, 4) is 5.75 Å². The Bertz CT molecular complexity index is 574. The molecule has 2 rings (SSSR count). The Hall–Kier alpha value is -1.06. The minimum Gasteiger partial charge on any atom is -0.495 e. The number of alkyl halides is 1. The summed E-state index contributed by atoms with van der Waals surface area (Å²) in [5.74, 6) is 0.447. The Labute approximate surface area is 125 Å². The molecule has 0 aliphatic rings. The van der Waals surface area contributed by atoms with E-state index in [-0.39, 0.29) is 10.6 Å². The van der Waals surface area contributed by atoms with Gasteiger partial charge in [-0.3, -0.25) is 0 Å². The van der Waals surface area contributed by atoms with E-state index in [0.29, 0.717) is 22.8 Å². The van der Waals surface area contributed by atoms with Gasteiger partial charge in [-0.25, -0.2) is 4.39 Å². The maximum Gasteiger partial charge on any atom is 0.137 e. The molecule has 0 saturated heterocycles. The van der Waals surface area contributed by atoms with Crippen LogP contribution in [-0.4, -0.2) is 7.11 Å². The highest BCUT2D eigenvalue weighted by Gasteiger charge is 2.13. The lowest BCUT2D eigenvalue weighted by Gasteiger charge is -2.12. The summed E-state index contributed by atoms with van der Waals surface area (Å²) in [6, 6.07) is 12.3. The van der Waals surface area contributed by atoms with Crippen molar-refractivity contribution >= 4 is 27.5 Å². The van der Waals surface area contributed by atoms with Crippen molar-refractivity contribution in [3.05, 3.63) is 64.4 Å². The van der Waals surface area contributed by atoms with Crippen LogP contribution in [0.3, 0.4) is 0 Å². The standard InChI is InChI=1S/C15H13BrClFO/c1-19-15-7-6-10(9-13(15)17)12(16)8-11-4-2-3-5-14(11)18/h2-7,9,12H,8H2,1H3. The molecule has 19 heavy (non-hydrogen) atoms. The summed E-state index contributed by atoms with van der Waals surface area (Å²) >= 11 is 9.66. The van der Waals surface area contributed by atoms with Crippen molar-refractivity contribution in [2.24, 2.45) is 0 Å². The molecule has 0 N–H and O–H groups in total. The van der Waals surface area contributed by atoms with Gasteiger partial charge in [-0.1, -0.05) is 51.8 Å². The number of benzene rings is 2. The minimum absolute atomic E-state index is 0.00723. The Morgan fingerprint density at radius 3 is 2.63 bits per heavy atom. The summed E-state index contributed by atoms with van der Waals surface area (Å²) in [6.07, 6.45) is 0.565. The number of ether oxygens (including phenoxy) is 1. The second-order valence-electron chi connectivity index (χ2n) is 4.16. The fraction of sp³-hybridized carbons (Fsp3) is 0.200. The van der Waals surface area contributed by atoms with Gasteiger partial charge >= 0.3 is 0 Å². The van der Waals surface area contributed by atoms with Crippen LogP contribution in [0.15, 0.2) is 42.5 Å². The molecule has 0 aromatic heterocycles. The summed E-state index contributed by atoms with van der Waals surface area (Å²) in [5, 5.41) is 0.554. The molecule has 2 aromatic carbocycles. The molecule has 0 amide bonds. The van der Waals surface area contributed by atoms with Crippen molar-refractivity contribution in [1.82, 2.24) is 0 Å². The molecule has 0 aliphatic carbocycles. The molecular weight excluding hydrogens is 331 g/mol. The first-order valence-corrected chi connectivity index (χ1v) is 7.12. The topological polar surface area (TPSA) is 9.23 Å². The van der Waals surface area contributed by atoms with Crippen molar-refractivity contribution in [2.75, 3.05) is 7.11 Å². The van der Waals surface area contributed by atoms with Crippen molar-refractivity contribution in [2.45, 2.75) is 11.2 Å². The average Bonchev–Trinajstić information content (AvgIpc) is 2.41. The van der Waals surface area contributed by atoms with E-state index in [4.69, 9.17) is 16.3 Å². The summed E-state index contributed by atoms with van der Waals surface area (Å²) in [7, 11) is 1.58. The van der Waals surface area contributed by atoms with Crippen LogP contribution < -0.4 is 4.74 Å². The van der Waals surface area contributed by atoms with Gasteiger partial charge in [-0.2, -0.15) is 0 Å². The Balaban J connectivity index is 2.18. The van der Waals surface area contributed by atoms with Crippen LogP contribution in [0, 0.1) is 5.82 Å². The molecule has 0 saturated carbocycles. The van der Waals surface area contributed by atoms with E-state index in [9.17, 15) is 4.39 Å². The average molecular weight is 344 g/mol. The third-order valence-corrected chi connectivity index (χ3v) is 4.04. The number of rotatable bonds is 4. The lowest BCUT2D eigenvalue weighted by atomic mass is 10.0. The molecular formula is C15H13BrClFO. The van der Waals surface area contributed by atoms with Crippen molar-refractivity contribution < 1.29 is 9.13 Å². The highest BCUT2D eigenvalue weighted by atomic mass is 79.9. The van der Waals surface area contributed by atoms with Crippen LogP contribution in [0.4, 0.5) is 4.39 Å². The maximum atomic E-state index is 13.6. The molecule has 0 spiro atoms. The van der Waals surface area contributed by atoms with E-state index in [1.54, 1.807) is 19.2 Å². The molecule has 0 radical (unpaired) electrons. The SMILES string of the molecule is COc1ccc(C(Br)Cc2ccccc2F)cc1Cl. The van der Waals surface area contributed by atoms with Gasteiger partial charge in [0.25, 0.3) is 0 Å². The second kappa shape index (κ2) is 6.40. The van der Waals surface area contributed by atoms with Gasteiger partial charge in [0.1, 0.15) is 11.6 Å². The number of halogens is 3. The molecule has 0 bridgehead atoms. The molecule has 1 unspecified atom stereocenters. The molecule has 0 aliphatic heterocycles. The molecule has 0 fully saturated rings. The van der Waals surface area contributed by atoms with E-state index in [0.717, 1.165) is 5.56 Å². The normalized spacial score (nSPS) is 12.2. The first kappa shape index (κ1) is 14.4. The number of hydrogen-bond acceptors (Lipinski definition) is 1. The monoisotopic (exact) mass is 342 g/mol. The van der Waals surface area contributed by atoms with Crippen LogP contribution in [0.2, 0.25) is 5.02 Å². The Morgan fingerprint density at radius 2 is 2.00 bits per heavy atom. The Kier molecular flexibility index (Phi) is 4.83. The van der Waals surface area contributed by atoms with E-state index in [2.05, 4.69) is 15.9 Å². The summed E-state index contributed by atoms with van der Waals surface area (Å²) in [6.45, 7) is 0. The van der Waals surface area contributed by atoms with E-state index < -0.39 is 0 Å². The third kappa shape index (κ3) is 3.48. The van der Waals surface area contributed by atoms with Gasteiger partial charge in [0.15, 0.2) is 0 Å². The molecule has 1 atom stereocenters. The highest BCUT2D eigenvalue weighted by Crippen LogP contribution is 2.33. The molecule has 1 nitrogen and oxygen atoms in total. The van der Waals surface area contributed by atoms with E-state index in [1.807, 2.05) is 24.3 Å². The molecule has 2 aromatic rings. The molecule has 4 heteroatoms. The first-order valence-electron chi connectivity index (χ1n) is 5.82. The van der Waals surface area contributed by atoms with Gasteiger partial charge in [0, 0.05) is 4.83 Å². The van der Waals surface area contributed by atoms with Crippen LogP contribution in [0.1, 0.15) is 16.0 Å². The maximum absolute atomic E-state index is 13.6. The van der Waals surface area contributed by atoms with Crippen LogP contribution in [-0.2, 0) is 6.42 Å². The number of methoxy groups -OCH3 is 1. The molecule has 0 heterocycles. The predicted octanol–water partition coefficient (Wildman–Crippen LogP) is 5.17. The summed E-state index contributed by atoms with van der Waals surface area (Å²) < 4.78 is 18.7. The minimum atomic E-state index is -0.188. The second-order valence-corrected chi connectivity index (χ2v) is 5.67. The van der Waals surface area contributed by atoms with Gasteiger partial charge in [-0.15, -0.1) is 0 Å². The van der Waals surface area contributed by atoms with Gasteiger partial charge in [0.2, 0.25) is 0 Å². The predicted molar refractivity (Wildman–Crippen MR) is 79.8 cm³/mol. The van der Waals surface area contributed by atoms with Gasteiger partial charge in [0.05, 0.1) is 12.1 Å². The van der Waals surface area contributed by atoms with Crippen LogP contribution in [0.5, 0.6) is 5.75 Å². The number of hydrogen-bond donors (Lipinski definition) is 0. The van der Waals surface area contributed by atoms with Crippen LogP contribution >= 0.6 is 27.5 Å². The fourth-order valence-corrected chi connectivity index (χ4v) is 2.75. The largest absolute Gasteiger partial charge is 0.495 e. The summed E-state index contributed by atoms with van der Waals surface area (Å²) in [4.78, 5) is 0.00723. The smallest absolute Gasteiger partial charge is 0.137 e. The van der Waals surface area contributed by atoms with E-state index in [1.165, 1.54) is 6.07 Å². The van der Waals surface area contributed by atoms with Crippen molar-refractivity contribution in [1.29, 1.82) is 0 Å². The highest BCUT2D eigenvalue weighted by molar-refractivity contribution is 9.09.